The summed E-state index contributed by atoms with van der Waals surface area (Å²) in [7, 11) is 3.13. The number of nitrogens with zero attached hydrogens (tertiary/aromatic N) is 1. The maximum Gasteiger partial charge on any atom is 0.416 e. The van der Waals surface area contributed by atoms with Crippen LogP contribution in [0, 0.1) is 0 Å². The summed E-state index contributed by atoms with van der Waals surface area (Å²) in [4.78, 5) is 16.6. The number of nitrogens with one attached hydrogen (secondary N) is 1. The summed E-state index contributed by atoms with van der Waals surface area (Å²) in [6.07, 6.45) is -3.65. The molecule has 3 rings (SSSR count). The number of aromatic nitrogens is 1. The minimum atomic E-state index is -4.37. The van der Waals surface area contributed by atoms with Gasteiger partial charge in [0, 0.05) is 17.5 Å². The summed E-state index contributed by atoms with van der Waals surface area (Å²) >= 11 is 1.29. The summed E-state index contributed by atoms with van der Waals surface area (Å²) in [5.41, 5.74) is 1.44. The number of alkyl halides is 3. The van der Waals surface area contributed by atoms with E-state index >= 15 is 0 Å². The lowest BCUT2D eigenvalue weighted by atomic mass is 10.1. The number of carbonyl (C=O) groups excluding carboxylic acids is 1. The Morgan fingerprint density at radius 1 is 1.06 bits per heavy atom. The van der Waals surface area contributed by atoms with E-state index < -0.39 is 11.7 Å². The lowest BCUT2D eigenvalue weighted by Gasteiger charge is -2.10. The van der Waals surface area contributed by atoms with E-state index in [9.17, 15) is 18.0 Å². The fourth-order valence-corrected chi connectivity index (χ4v) is 3.76. The van der Waals surface area contributed by atoms with Gasteiger partial charge in [-0.2, -0.15) is 13.2 Å². The van der Waals surface area contributed by atoms with Crippen molar-refractivity contribution < 1.29 is 27.4 Å². The molecule has 0 fully saturated rings. The van der Waals surface area contributed by atoms with Crippen LogP contribution in [0.25, 0.3) is 10.6 Å². The third kappa shape index (κ3) is 5.97. The standard InChI is InChI=1S/C22H21F3N2O3S/c1-29-18-8-3-14(11-19(18)30-2)9-10-26-20(28)12-17-13-31-21(27-17)15-4-6-16(7-5-15)22(23,24)25/h3-8,11,13H,9-10,12H2,1-2H3,(H,26,28). The van der Waals surface area contributed by atoms with E-state index in [-0.39, 0.29) is 12.3 Å². The van der Waals surface area contributed by atoms with Crippen molar-refractivity contribution >= 4 is 17.2 Å². The first-order chi connectivity index (χ1) is 14.8. The smallest absolute Gasteiger partial charge is 0.416 e. The number of benzene rings is 2. The summed E-state index contributed by atoms with van der Waals surface area (Å²) in [6, 6.07) is 10.4. The predicted octanol–water partition coefficient (Wildman–Crippen LogP) is 4.75. The fourth-order valence-electron chi connectivity index (χ4n) is 2.93. The number of amides is 1. The van der Waals surface area contributed by atoms with Crippen molar-refractivity contribution in [3.63, 3.8) is 0 Å². The highest BCUT2D eigenvalue weighted by atomic mass is 32.1. The van der Waals surface area contributed by atoms with Crippen LogP contribution in [-0.4, -0.2) is 31.7 Å². The van der Waals surface area contributed by atoms with Crippen molar-refractivity contribution in [1.29, 1.82) is 0 Å². The molecule has 9 heteroatoms. The van der Waals surface area contributed by atoms with Gasteiger partial charge in [-0.3, -0.25) is 4.79 Å². The average Bonchev–Trinajstić information content (AvgIpc) is 3.21. The summed E-state index contributed by atoms with van der Waals surface area (Å²) in [5, 5.41) is 5.16. The SMILES string of the molecule is COc1ccc(CCNC(=O)Cc2csc(-c3ccc(C(F)(F)F)cc3)n2)cc1OC. The Morgan fingerprint density at radius 2 is 1.77 bits per heavy atom. The van der Waals surface area contributed by atoms with Crippen LogP contribution in [0.3, 0.4) is 0 Å². The van der Waals surface area contributed by atoms with Crippen LogP contribution < -0.4 is 14.8 Å². The molecule has 0 saturated carbocycles. The van der Waals surface area contributed by atoms with E-state index in [1.165, 1.54) is 23.5 Å². The van der Waals surface area contributed by atoms with Crippen LogP contribution in [0.4, 0.5) is 13.2 Å². The normalized spacial score (nSPS) is 11.3. The number of hydrogen-bond donors (Lipinski definition) is 1. The lowest BCUT2D eigenvalue weighted by Crippen LogP contribution is -2.27. The van der Waals surface area contributed by atoms with Crippen molar-refractivity contribution in [3.05, 3.63) is 64.7 Å². The second kappa shape index (κ2) is 9.82. The molecule has 31 heavy (non-hydrogen) atoms. The molecule has 5 nitrogen and oxygen atoms in total. The zero-order chi connectivity index (χ0) is 22.4. The Balaban J connectivity index is 1.52. The van der Waals surface area contributed by atoms with Gasteiger partial charge in [0.2, 0.25) is 5.91 Å². The van der Waals surface area contributed by atoms with Gasteiger partial charge in [-0.15, -0.1) is 11.3 Å². The van der Waals surface area contributed by atoms with Crippen molar-refractivity contribution in [3.8, 4) is 22.1 Å². The molecule has 1 aromatic heterocycles. The number of halogens is 3. The first-order valence-electron chi connectivity index (χ1n) is 9.40. The number of thiazole rings is 1. The Kier molecular flexibility index (Phi) is 7.17. The van der Waals surface area contributed by atoms with Gasteiger partial charge in [-0.05, 0) is 36.2 Å². The molecule has 0 atom stereocenters. The minimum Gasteiger partial charge on any atom is -0.493 e. The molecule has 0 unspecified atom stereocenters. The van der Waals surface area contributed by atoms with Crippen molar-refractivity contribution in [2.24, 2.45) is 0 Å². The number of carbonyl (C=O) groups is 1. The Morgan fingerprint density at radius 3 is 2.42 bits per heavy atom. The van der Waals surface area contributed by atoms with Crippen LogP contribution in [0.15, 0.2) is 47.8 Å². The predicted molar refractivity (Wildman–Crippen MR) is 113 cm³/mol. The van der Waals surface area contributed by atoms with Crippen LogP contribution in [0.2, 0.25) is 0 Å². The molecule has 2 aromatic carbocycles. The highest BCUT2D eigenvalue weighted by Crippen LogP contribution is 2.32. The lowest BCUT2D eigenvalue weighted by molar-refractivity contribution is -0.137. The molecule has 164 valence electrons. The molecule has 0 aliphatic heterocycles. The summed E-state index contributed by atoms with van der Waals surface area (Å²) < 4.78 is 48.5. The van der Waals surface area contributed by atoms with Gasteiger partial charge >= 0.3 is 6.18 Å². The largest absolute Gasteiger partial charge is 0.493 e. The molecule has 1 heterocycles. The summed E-state index contributed by atoms with van der Waals surface area (Å²) in [5.74, 6) is 1.09. The van der Waals surface area contributed by atoms with Crippen LogP contribution >= 0.6 is 11.3 Å². The van der Waals surface area contributed by atoms with E-state index in [4.69, 9.17) is 9.47 Å². The van der Waals surface area contributed by atoms with Gasteiger partial charge in [0.05, 0.1) is 31.9 Å². The third-order valence-corrected chi connectivity index (χ3v) is 5.48. The van der Waals surface area contributed by atoms with Gasteiger partial charge in [0.25, 0.3) is 0 Å². The molecule has 0 saturated heterocycles. The van der Waals surface area contributed by atoms with Gasteiger partial charge in [0.15, 0.2) is 11.5 Å². The molecule has 0 aliphatic rings. The van der Waals surface area contributed by atoms with Gasteiger partial charge in [-0.25, -0.2) is 4.98 Å². The van der Waals surface area contributed by atoms with Gasteiger partial charge in [-0.1, -0.05) is 18.2 Å². The Bertz CT molecular complexity index is 1030. The maximum atomic E-state index is 12.7. The van der Waals surface area contributed by atoms with Gasteiger partial charge < -0.3 is 14.8 Å². The highest BCUT2D eigenvalue weighted by molar-refractivity contribution is 7.13. The molecule has 0 bridgehead atoms. The van der Waals surface area contributed by atoms with Crippen molar-refractivity contribution in [2.45, 2.75) is 19.0 Å². The highest BCUT2D eigenvalue weighted by Gasteiger charge is 2.30. The molecule has 0 aliphatic carbocycles. The molecule has 0 spiro atoms. The second-order valence-corrected chi connectivity index (χ2v) is 7.54. The van der Waals surface area contributed by atoms with Gasteiger partial charge in [0.1, 0.15) is 5.01 Å². The molecule has 3 aromatic rings. The zero-order valence-electron chi connectivity index (χ0n) is 17.0. The first-order valence-corrected chi connectivity index (χ1v) is 10.3. The van der Waals surface area contributed by atoms with E-state index in [0.717, 1.165) is 17.7 Å². The summed E-state index contributed by atoms with van der Waals surface area (Å²) in [6.45, 7) is 0.449. The van der Waals surface area contributed by atoms with Crippen molar-refractivity contribution in [2.75, 3.05) is 20.8 Å². The number of rotatable bonds is 8. The first kappa shape index (κ1) is 22.6. The van der Waals surface area contributed by atoms with Crippen LogP contribution in [-0.2, 0) is 23.8 Å². The van der Waals surface area contributed by atoms with E-state index in [1.807, 2.05) is 18.2 Å². The number of methoxy groups -OCH3 is 2. The second-order valence-electron chi connectivity index (χ2n) is 6.69. The number of hydrogen-bond acceptors (Lipinski definition) is 5. The monoisotopic (exact) mass is 450 g/mol. The van der Waals surface area contributed by atoms with Crippen LogP contribution in [0.5, 0.6) is 11.5 Å². The zero-order valence-corrected chi connectivity index (χ0v) is 17.8. The average molecular weight is 450 g/mol. The molecular formula is C22H21F3N2O3S. The van der Waals surface area contributed by atoms with Crippen LogP contribution in [0.1, 0.15) is 16.8 Å². The molecule has 1 N–H and O–H groups in total. The maximum absolute atomic E-state index is 12.7. The molecule has 0 radical (unpaired) electrons. The third-order valence-electron chi connectivity index (χ3n) is 4.54. The number of ether oxygens (including phenoxy) is 2. The molecular weight excluding hydrogens is 429 g/mol. The van der Waals surface area contributed by atoms with Crippen molar-refractivity contribution in [1.82, 2.24) is 10.3 Å². The van der Waals surface area contributed by atoms with E-state index in [0.29, 0.717) is 40.7 Å². The Labute approximate surface area is 181 Å². The van der Waals surface area contributed by atoms with E-state index in [2.05, 4.69) is 10.3 Å². The Hall–Kier alpha value is -3.07. The van der Waals surface area contributed by atoms with E-state index in [1.54, 1.807) is 19.6 Å². The molecule has 1 amide bonds. The quantitative estimate of drug-likeness (QED) is 0.538. The topological polar surface area (TPSA) is 60.5 Å². The fraction of sp³-hybridized carbons (Fsp3) is 0.273. The minimum absolute atomic E-state index is 0.100.